The minimum absolute atomic E-state index is 0.536. The molecule has 1 aromatic carbocycles. The summed E-state index contributed by atoms with van der Waals surface area (Å²) < 4.78 is 5.60. The van der Waals surface area contributed by atoms with Crippen LogP contribution in [0.25, 0.3) is 0 Å². The Hall–Kier alpha value is -1.26. The Labute approximate surface area is 89.5 Å². The molecule has 0 bridgehead atoms. The summed E-state index contributed by atoms with van der Waals surface area (Å²) >= 11 is 0. The summed E-state index contributed by atoms with van der Waals surface area (Å²) in [5.41, 5.74) is 2.34. The monoisotopic (exact) mass is 208 g/mol. The maximum Gasteiger partial charge on any atom is 0.142 e. The number of rotatable bonds is 3. The lowest BCUT2D eigenvalue weighted by Gasteiger charge is -2.27. The number of nitrogens with zero attached hydrogens (tertiary/aromatic N) is 1. The number of nitrogens with two attached hydrogens (primary N) is 1. The third kappa shape index (κ3) is 2.22. The van der Waals surface area contributed by atoms with Crippen LogP contribution in [0.2, 0.25) is 0 Å². The molecular formula is C11H16N2O2. The lowest BCUT2D eigenvalue weighted by molar-refractivity contribution is 0.141. The van der Waals surface area contributed by atoms with Gasteiger partial charge in [0.25, 0.3) is 0 Å². The minimum Gasteiger partial charge on any atom is -0.490 e. The maximum atomic E-state index is 5.60. The van der Waals surface area contributed by atoms with E-state index >= 15 is 0 Å². The molecule has 0 atom stereocenters. The van der Waals surface area contributed by atoms with Crippen molar-refractivity contribution >= 4 is 5.69 Å². The highest BCUT2D eigenvalue weighted by atomic mass is 16.6. The van der Waals surface area contributed by atoms with Crippen molar-refractivity contribution in [2.45, 2.75) is 6.42 Å². The van der Waals surface area contributed by atoms with Crippen molar-refractivity contribution in [3.05, 3.63) is 23.8 Å². The van der Waals surface area contributed by atoms with Crippen molar-refractivity contribution in [1.29, 1.82) is 0 Å². The normalized spacial score (nSPS) is 14.7. The molecule has 1 aromatic rings. The summed E-state index contributed by atoms with van der Waals surface area (Å²) in [5.74, 6) is 5.95. The van der Waals surface area contributed by atoms with Gasteiger partial charge in [0.05, 0.1) is 18.8 Å². The average molecular weight is 208 g/mol. The predicted octanol–water partition coefficient (Wildman–Crippen LogP) is 0.948. The molecule has 1 heterocycles. The van der Waals surface area contributed by atoms with Gasteiger partial charge in [-0.1, -0.05) is 6.07 Å². The van der Waals surface area contributed by atoms with Gasteiger partial charge >= 0.3 is 0 Å². The zero-order chi connectivity index (χ0) is 10.7. The van der Waals surface area contributed by atoms with Gasteiger partial charge in [0.2, 0.25) is 0 Å². The van der Waals surface area contributed by atoms with E-state index in [0.29, 0.717) is 6.61 Å². The Morgan fingerprint density at radius 2 is 2.40 bits per heavy atom. The molecule has 1 aliphatic rings. The summed E-state index contributed by atoms with van der Waals surface area (Å²) in [6.07, 6.45) is 0.816. The second-order valence-electron chi connectivity index (χ2n) is 3.69. The van der Waals surface area contributed by atoms with Crippen molar-refractivity contribution in [3.63, 3.8) is 0 Å². The molecule has 4 nitrogen and oxygen atoms in total. The van der Waals surface area contributed by atoms with E-state index in [-0.39, 0.29) is 0 Å². The molecule has 0 unspecified atom stereocenters. The van der Waals surface area contributed by atoms with Gasteiger partial charge in [0.1, 0.15) is 12.4 Å². The van der Waals surface area contributed by atoms with E-state index in [1.807, 2.05) is 0 Å². The number of benzene rings is 1. The molecule has 2 rings (SSSR count). The van der Waals surface area contributed by atoms with Crippen LogP contribution in [0.15, 0.2) is 18.2 Å². The molecule has 4 heteroatoms. The third-order valence-corrected chi connectivity index (χ3v) is 2.63. The quantitative estimate of drug-likeness (QED) is 0.751. The fourth-order valence-corrected chi connectivity index (χ4v) is 1.73. The molecule has 0 radical (unpaired) electrons. The van der Waals surface area contributed by atoms with E-state index < -0.39 is 0 Å². The summed E-state index contributed by atoms with van der Waals surface area (Å²) in [5, 5.41) is 0. The number of ether oxygens (including phenoxy) is 1. The average Bonchev–Trinajstić information content (AvgIpc) is 2.26. The summed E-state index contributed by atoms with van der Waals surface area (Å²) in [7, 11) is 2.07. The Kier molecular flexibility index (Phi) is 3.08. The van der Waals surface area contributed by atoms with E-state index in [1.54, 1.807) is 0 Å². The van der Waals surface area contributed by atoms with Gasteiger partial charge in [0, 0.05) is 7.05 Å². The number of hydrogen-bond donors (Lipinski definition) is 1. The Morgan fingerprint density at radius 3 is 3.20 bits per heavy atom. The molecule has 0 saturated heterocycles. The highest BCUT2D eigenvalue weighted by Crippen LogP contribution is 2.31. The van der Waals surface area contributed by atoms with Gasteiger partial charge in [0.15, 0.2) is 0 Å². The van der Waals surface area contributed by atoms with Crippen LogP contribution < -0.4 is 15.5 Å². The van der Waals surface area contributed by atoms with Crippen LogP contribution in [-0.4, -0.2) is 26.8 Å². The molecule has 0 saturated carbocycles. The first-order valence-electron chi connectivity index (χ1n) is 5.10. The smallest absolute Gasteiger partial charge is 0.142 e. The first-order valence-corrected chi connectivity index (χ1v) is 5.10. The van der Waals surface area contributed by atoms with Crippen molar-refractivity contribution in [2.75, 3.05) is 31.7 Å². The number of fused-ring (bicyclic) bond motifs is 1. The fourth-order valence-electron chi connectivity index (χ4n) is 1.73. The Morgan fingerprint density at radius 1 is 1.53 bits per heavy atom. The van der Waals surface area contributed by atoms with Crippen LogP contribution in [0.5, 0.6) is 5.75 Å². The first kappa shape index (κ1) is 10.3. The van der Waals surface area contributed by atoms with Crippen LogP contribution in [0, 0.1) is 0 Å². The lowest BCUT2D eigenvalue weighted by Crippen LogP contribution is -2.28. The molecule has 0 spiro atoms. The minimum atomic E-state index is 0.536. The van der Waals surface area contributed by atoms with E-state index in [9.17, 15) is 0 Å². The SMILES string of the molecule is CN1CCOc2cc(CCON)ccc21. The topological polar surface area (TPSA) is 47.7 Å². The maximum absolute atomic E-state index is 5.60. The first-order chi connectivity index (χ1) is 7.31. The summed E-state index contributed by atoms with van der Waals surface area (Å²) in [4.78, 5) is 6.76. The standard InChI is InChI=1S/C11H16N2O2/c1-13-5-7-14-11-8-9(4-6-15-12)2-3-10(11)13/h2-3,8H,4-7,12H2,1H3. The lowest BCUT2D eigenvalue weighted by atomic mass is 10.1. The Balaban J connectivity index is 2.18. The molecule has 0 fully saturated rings. The number of anilines is 1. The second kappa shape index (κ2) is 4.51. The van der Waals surface area contributed by atoms with Gasteiger partial charge in [-0.2, -0.15) is 0 Å². The van der Waals surface area contributed by atoms with E-state index in [4.69, 9.17) is 10.6 Å². The molecule has 15 heavy (non-hydrogen) atoms. The molecule has 0 aromatic heterocycles. The Bertz CT molecular complexity index is 341. The molecule has 2 N–H and O–H groups in total. The molecule has 0 aliphatic carbocycles. The highest BCUT2D eigenvalue weighted by Gasteiger charge is 2.14. The van der Waals surface area contributed by atoms with Crippen LogP contribution >= 0.6 is 0 Å². The summed E-state index contributed by atoms with van der Waals surface area (Å²) in [6.45, 7) is 2.23. The third-order valence-electron chi connectivity index (χ3n) is 2.63. The van der Waals surface area contributed by atoms with Crippen LogP contribution in [0.1, 0.15) is 5.56 Å². The van der Waals surface area contributed by atoms with Crippen molar-refractivity contribution in [1.82, 2.24) is 0 Å². The van der Waals surface area contributed by atoms with E-state index in [0.717, 1.165) is 31.0 Å². The van der Waals surface area contributed by atoms with Gasteiger partial charge in [-0.15, -0.1) is 0 Å². The number of hydrogen-bond acceptors (Lipinski definition) is 4. The zero-order valence-electron chi connectivity index (χ0n) is 8.90. The van der Waals surface area contributed by atoms with Crippen LogP contribution in [-0.2, 0) is 11.3 Å². The van der Waals surface area contributed by atoms with Crippen LogP contribution in [0.4, 0.5) is 5.69 Å². The van der Waals surface area contributed by atoms with Crippen molar-refractivity contribution < 1.29 is 9.57 Å². The molecule has 82 valence electrons. The molecular weight excluding hydrogens is 192 g/mol. The van der Waals surface area contributed by atoms with Crippen molar-refractivity contribution in [2.24, 2.45) is 5.90 Å². The molecule has 0 amide bonds. The predicted molar refractivity (Wildman–Crippen MR) is 59.1 cm³/mol. The van der Waals surface area contributed by atoms with Crippen LogP contribution in [0.3, 0.4) is 0 Å². The van der Waals surface area contributed by atoms with Gasteiger partial charge < -0.3 is 14.5 Å². The van der Waals surface area contributed by atoms with Gasteiger partial charge in [-0.3, -0.25) is 0 Å². The number of likely N-dealkylation sites (N-methyl/N-ethyl adjacent to an activating group) is 1. The largest absolute Gasteiger partial charge is 0.490 e. The van der Waals surface area contributed by atoms with E-state index in [1.165, 1.54) is 5.56 Å². The second-order valence-corrected chi connectivity index (χ2v) is 3.69. The zero-order valence-corrected chi connectivity index (χ0v) is 8.90. The molecule has 1 aliphatic heterocycles. The fraction of sp³-hybridized carbons (Fsp3) is 0.455. The van der Waals surface area contributed by atoms with Crippen molar-refractivity contribution in [3.8, 4) is 5.75 Å². The summed E-state index contributed by atoms with van der Waals surface area (Å²) in [6, 6.07) is 6.23. The highest BCUT2D eigenvalue weighted by molar-refractivity contribution is 5.60. The van der Waals surface area contributed by atoms with Gasteiger partial charge in [-0.25, -0.2) is 5.90 Å². The van der Waals surface area contributed by atoms with Gasteiger partial charge in [-0.05, 0) is 24.1 Å². The van der Waals surface area contributed by atoms with E-state index in [2.05, 4.69) is 35.0 Å².